The molecule has 0 aliphatic heterocycles. The van der Waals surface area contributed by atoms with Crippen LogP contribution in [0, 0.1) is 0 Å². The Morgan fingerprint density at radius 1 is 0.842 bits per heavy atom. The highest BCUT2D eigenvalue weighted by Gasteiger charge is 2.12. The molecule has 98 valence electrons. The van der Waals surface area contributed by atoms with Crippen LogP contribution in [-0.2, 0) is 17.9 Å². The molecule has 2 aromatic rings. The Balaban J connectivity index is 2.10. The molecule has 1 amide bonds. The average molecular weight is 254 g/mol. The van der Waals surface area contributed by atoms with Gasteiger partial charge < -0.3 is 10.6 Å². The van der Waals surface area contributed by atoms with Gasteiger partial charge in [-0.2, -0.15) is 0 Å². The van der Waals surface area contributed by atoms with Gasteiger partial charge in [0.2, 0.25) is 5.91 Å². The lowest BCUT2D eigenvalue weighted by molar-refractivity contribution is -0.130. The number of rotatable bonds is 5. The molecule has 3 nitrogen and oxygen atoms in total. The molecule has 2 rings (SSSR count). The van der Waals surface area contributed by atoms with E-state index in [9.17, 15) is 4.79 Å². The number of amides is 1. The van der Waals surface area contributed by atoms with Crippen molar-refractivity contribution in [2.45, 2.75) is 13.1 Å². The molecule has 0 saturated heterocycles. The number of nitrogens with zero attached hydrogens (tertiary/aromatic N) is 1. The van der Waals surface area contributed by atoms with E-state index in [0.717, 1.165) is 11.1 Å². The molecule has 3 heteroatoms. The van der Waals surface area contributed by atoms with Crippen LogP contribution in [0.15, 0.2) is 60.7 Å². The molecule has 0 aliphatic rings. The molecular weight excluding hydrogens is 236 g/mol. The first-order valence-electron chi connectivity index (χ1n) is 6.35. The van der Waals surface area contributed by atoms with Crippen molar-refractivity contribution in [3.05, 3.63) is 71.8 Å². The van der Waals surface area contributed by atoms with Crippen molar-refractivity contribution in [3.8, 4) is 0 Å². The highest BCUT2D eigenvalue weighted by atomic mass is 16.2. The Morgan fingerprint density at radius 3 is 1.63 bits per heavy atom. The van der Waals surface area contributed by atoms with Crippen LogP contribution < -0.4 is 5.73 Å². The molecule has 19 heavy (non-hydrogen) atoms. The van der Waals surface area contributed by atoms with Crippen molar-refractivity contribution in [2.24, 2.45) is 5.73 Å². The monoisotopic (exact) mass is 254 g/mol. The summed E-state index contributed by atoms with van der Waals surface area (Å²) in [4.78, 5) is 13.7. The fourth-order valence-corrected chi connectivity index (χ4v) is 1.97. The van der Waals surface area contributed by atoms with Crippen LogP contribution in [0.4, 0.5) is 0 Å². The fraction of sp³-hybridized carbons (Fsp3) is 0.188. The average Bonchev–Trinajstić information content (AvgIpc) is 2.48. The Kier molecular flexibility index (Phi) is 4.70. The molecule has 0 bridgehead atoms. The van der Waals surface area contributed by atoms with Gasteiger partial charge in [-0.25, -0.2) is 0 Å². The minimum atomic E-state index is -0.0345. The summed E-state index contributed by atoms with van der Waals surface area (Å²) in [5.41, 5.74) is 7.71. The van der Waals surface area contributed by atoms with Crippen molar-refractivity contribution in [2.75, 3.05) is 6.54 Å². The summed E-state index contributed by atoms with van der Waals surface area (Å²) < 4.78 is 0. The molecule has 0 radical (unpaired) electrons. The van der Waals surface area contributed by atoms with Gasteiger partial charge >= 0.3 is 0 Å². The van der Waals surface area contributed by atoms with Crippen molar-refractivity contribution >= 4 is 5.91 Å². The maximum atomic E-state index is 11.9. The van der Waals surface area contributed by atoms with Gasteiger partial charge in [0, 0.05) is 13.1 Å². The molecule has 0 unspecified atom stereocenters. The zero-order valence-corrected chi connectivity index (χ0v) is 10.8. The van der Waals surface area contributed by atoms with E-state index in [2.05, 4.69) is 0 Å². The maximum Gasteiger partial charge on any atom is 0.236 e. The van der Waals surface area contributed by atoms with E-state index in [4.69, 9.17) is 5.73 Å². The molecule has 2 N–H and O–H groups in total. The van der Waals surface area contributed by atoms with Crippen LogP contribution in [0.25, 0.3) is 0 Å². The third-order valence-corrected chi connectivity index (χ3v) is 2.96. The maximum absolute atomic E-state index is 11.9. The van der Waals surface area contributed by atoms with E-state index >= 15 is 0 Å². The number of carbonyl (C=O) groups is 1. The summed E-state index contributed by atoms with van der Waals surface area (Å²) in [7, 11) is 0. The van der Waals surface area contributed by atoms with Crippen LogP contribution in [0.2, 0.25) is 0 Å². The van der Waals surface area contributed by atoms with Crippen LogP contribution in [0.5, 0.6) is 0 Å². The SMILES string of the molecule is NCC(=O)N(Cc1ccccc1)Cc1ccccc1. The minimum absolute atomic E-state index is 0.0345. The Hall–Kier alpha value is -2.13. The highest BCUT2D eigenvalue weighted by Crippen LogP contribution is 2.10. The van der Waals surface area contributed by atoms with Gasteiger partial charge in [0.25, 0.3) is 0 Å². The summed E-state index contributed by atoms with van der Waals surface area (Å²) in [6.45, 7) is 1.22. The second-order valence-corrected chi connectivity index (χ2v) is 4.43. The Labute approximate surface area is 113 Å². The number of nitrogens with two attached hydrogens (primary N) is 1. The largest absolute Gasteiger partial charge is 0.333 e. The highest BCUT2D eigenvalue weighted by molar-refractivity contribution is 5.78. The van der Waals surface area contributed by atoms with Crippen LogP contribution in [0.3, 0.4) is 0 Å². The van der Waals surface area contributed by atoms with Gasteiger partial charge in [-0.15, -0.1) is 0 Å². The fourth-order valence-electron chi connectivity index (χ4n) is 1.97. The third kappa shape index (κ3) is 3.93. The zero-order valence-electron chi connectivity index (χ0n) is 10.8. The molecule has 2 aromatic carbocycles. The lowest BCUT2D eigenvalue weighted by atomic mass is 10.1. The number of carbonyl (C=O) groups excluding carboxylic acids is 1. The van der Waals surface area contributed by atoms with Crippen LogP contribution in [0.1, 0.15) is 11.1 Å². The van der Waals surface area contributed by atoms with Crippen molar-refractivity contribution in [3.63, 3.8) is 0 Å². The van der Waals surface area contributed by atoms with E-state index in [-0.39, 0.29) is 12.5 Å². The molecular formula is C16H18N2O. The molecule has 0 atom stereocenters. The van der Waals surface area contributed by atoms with Gasteiger partial charge in [-0.3, -0.25) is 4.79 Å². The standard InChI is InChI=1S/C16H18N2O/c17-11-16(19)18(12-14-7-3-1-4-8-14)13-15-9-5-2-6-10-15/h1-10H,11-13,17H2. The minimum Gasteiger partial charge on any atom is -0.333 e. The number of benzene rings is 2. The summed E-state index contributed by atoms with van der Waals surface area (Å²) in [6.07, 6.45) is 0. The van der Waals surface area contributed by atoms with Crippen LogP contribution in [-0.4, -0.2) is 17.4 Å². The predicted molar refractivity (Wildman–Crippen MR) is 76.2 cm³/mol. The first kappa shape index (κ1) is 13.3. The van der Waals surface area contributed by atoms with Gasteiger partial charge in [0.05, 0.1) is 6.54 Å². The summed E-state index contributed by atoms with van der Waals surface area (Å²) in [5.74, 6) is -0.0345. The summed E-state index contributed by atoms with van der Waals surface area (Å²) in [6, 6.07) is 19.9. The van der Waals surface area contributed by atoms with Gasteiger partial charge in [0.15, 0.2) is 0 Å². The first-order chi connectivity index (χ1) is 9.29. The molecule has 0 heterocycles. The van der Waals surface area contributed by atoms with Gasteiger partial charge in [0.1, 0.15) is 0 Å². The van der Waals surface area contributed by atoms with E-state index < -0.39 is 0 Å². The Morgan fingerprint density at radius 2 is 1.26 bits per heavy atom. The number of hydrogen-bond donors (Lipinski definition) is 1. The van der Waals surface area contributed by atoms with Crippen molar-refractivity contribution < 1.29 is 4.79 Å². The molecule has 0 spiro atoms. The molecule has 0 fully saturated rings. The van der Waals surface area contributed by atoms with E-state index in [1.165, 1.54) is 0 Å². The smallest absolute Gasteiger partial charge is 0.236 e. The van der Waals surface area contributed by atoms with Gasteiger partial charge in [-0.05, 0) is 11.1 Å². The van der Waals surface area contributed by atoms with Crippen LogP contribution >= 0.6 is 0 Å². The lowest BCUT2D eigenvalue weighted by Crippen LogP contribution is -2.35. The molecule has 0 aromatic heterocycles. The second kappa shape index (κ2) is 6.71. The predicted octanol–water partition coefficient (Wildman–Crippen LogP) is 2.17. The van der Waals surface area contributed by atoms with E-state index in [1.54, 1.807) is 4.90 Å². The second-order valence-electron chi connectivity index (χ2n) is 4.43. The third-order valence-electron chi connectivity index (χ3n) is 2.96. The molecule has 0 saturated carbocycles. The summed E-state index contributed by atoms with van der Waals surface area (Å²) >= 11 is 0. The lowest BCUT2D eigenvalue weighted by Gasteiger charge is -2.22. The van der Waals surface area contributed by atoms with Gasteiger partial charge in [-0.1, -0.05) is 60.7 Å². The Bertz CT molecular complexity index is 469. The topological polar surface area (TPSA) is 46.3 Å². The summed E-state index contributed by atoms with van der Waals surface area (Å²) in [5, 5.41) is 0. The quantitative estimate of drug-likeness (QED) is 0.889. The first-order valence-corrected chi connectivity index (χ1v) is 6.35. The van der Waals surface area contributed by atoms with Crippen molar-refractivity contribution in [1.82, 2.24) is 4.90 Å². The van der Waals surface area contributed by atoms with E-state index in [1.807, 2.05) is 60.7 Å². The number of hydrogen-bond acceptors (Lipinski definition) is 2. The van der Waals surface area contributed by atoms with E-state index in [0.29, 0.717) is 13.1 Å². The van der Waals surface area contributed by atoms with Crippen molar-refractivity contribution in [1.29, 1.82) is 0 Å². The molecule has 0 aliphatic carbocycles. The zero-order chi connectivity index (χ0) is 13.5. The normalized spacial score (nSPS) is 10.2.